The number of aromatic nitrogens is 1. The molecule has 0 saturated heterocycles. The van der Waals surface area contributed by atoms with E-state index in [4.69, 9.17) is 27.9 Å². The van der Waals surface area contributed by atoms with E-state index < -0.39 is 0 Å². The van der Waals surface area contributed by atoms with Gasteiger partial charge in [-0.1, -0.05) is 11.6 Å². The Bertz CT molecular complexity index is 283. The van der Waals surface area contributed by atoms with Crippen LogP contribution in [0.15, 0.2) is 18.3 Å². The standard InChI is InChI=1S/C9H12Cl2N2O/c1-14-6-7(5-10)13-9-8(11)3-2-4-12-9/h2-4,7H,5-6H2,1H3,(H,12,13). The zero-order valence-corrected chi connectivity index (χ0v) is 9.35. The Labute approximate surface area is 93.4 Å². The molecule has 1 N–H and O–H groups in total. The molecule has 0 radical (unpaired) electrons. The lowest BCUT2D eigenvalue weighted by Gasteiger charge is -2.15. The molecule has 1 aromatic heterocycles. The van der Waals surface area contributed by atoms with Crippen molar-refractivity contribution in [1.29, 1.82) is 0 Å². The lowest BCUT2D eigenvalue weighted by atomic mass is 10.3. The van der Waals surface area contributed by atoms with Gasteiger partial charge in [0.1, 0.15) is 5.82 Å². The van der Waals surface area contributed by atoms with Crippen LogP contribution in [0.4, 0.5) is 5.82 Å². The van der Waals surface area contributed by atoms with Crippen molar-refractivity contribution in [2.45, 2.75) is 6.04 Å². The van der Waals surface area contributed by atoms with Crippen molar-refractivity contribution in [3.8, 4) is 0 Å². The number of pyridine rings is 1. The first-order chi connectivity index (χ1) is 6.77. The van der Waals surface area contributed by atoms with E-state index in [1.54, 1.807) is 25.4 Å². The predicted octanol–water partition coefficient (Wildman–Crippen LogP) is 2.40. The van der Waals surface area contributed by atoms with Gasteiger partial charge in [0, 0.05) is 19.2 Å². The summed E-state index contributed by atoms with van der Waals surface area (Å²) >= 11 is 11.7. The maximum absolute atomic E-state index is 5.92. The minimum Gasteiger partial charge on any atom is -0.383 e. The number of hydrogen-bond acceptors (Lipinski definition) is 3. The second-order valence-electron chi connectivity index (χ2n) is 2.78. The van der Waals surface area contributed by atoms with Crippen LogP contribution in [0.5, 0.6) is 0 Å². The monoisotopic (exact) mass is 234 g/mol. The lowest BCUT2D eigenvalue weighted by molar-refractivity contribution is 0.191. The normalized spacial score (nSPS) is 12.5. The van der Waals surface area contributed by atoms with Crippen molar-refractivity contribution in [1.82, 2.24) is 4.98 Å². The van der Waals surface area contributed by atoms with E-state index in [2.05, 4.69) is 10.3 Å². The smallest absolute Gasteiger partial charge is 0.145 e. The van der Waals surface area contributed by atoms with Gasteiger partial charge in [-0.05, 0) is 12.1 Å². The number of methoxy groups -OCH3 is 1. The number of nitrogens with one attached hydrogen (secondary N) is 1. The molecule has 14 heavy (non-hydrogen) atoms. The van der Waals surface area contributed by atoms with Crippen LogP contribution in [0.2, 0.25) is 5.02 Å². The van der Waals surface area contributed by atoms with E-state index in [0.717, 1.165) is 0 Å². The highest BCUT2D eigenvalue weighted by atomic mass is 35.5. The Balaban J connectivity index is 2.62. The molecular formula is C9H12Cl2N2O. The molecule has 0 aliphatic heterocycles. The molecular weight excluding hydrogens is 223 g/mol. The summed E-state index contributed by atoms with van der Waals surface area (Å²) in [5.41, 5.74) is 0. The van der Waals surface area contributed by atoms with Gasteiger partial charge in [-0.2, -0.15) is 0 Å². The SMILES string of the molecule is COCC(CCl)Nc1ncccc1Cl. The molecule has 0 fully saturated rings. The van der Waals surface area contributed by atoms with Gasteiger partial charge in [-0.3, -0.25) is 0 Å². The average Bonchev–Trinajstić information content (AvgIpc) is 2.20. The maximum Gasteiger partial charge on any atom is 0.145 e. The van der Waals surface area contributed by atoms with Crippen LogP contribution in [-0.4, -0.2) is 30.6 Å². The summed E-state index contributed by atoms with van der Waals surface area (Å²) in [6, 6.07) is 3.57. The molecule has 0 saturated carbocycles. The fraction of sp³-hybridized carbons (Fsp3) is 0.444. The Kier molecular flexibility index (Phi) is 5.01. The molecule has 1 unspecified atom stereocenters. The van der Waals surface area contributed by atoms with Crippen LogP contribution in [0.3, 0.4) is 0 Å². The predicted molar refractivity (Wildman–Crippen MR) is 59.3 cm³/mol. The second kappa shape index (κ2) is 6.06. The van der Waals surface area contributed by atoms with Gasteiger partial charge in [0.05, 0.1) is 17.7 Å². The molecule has 1 rings (SSSR count). The van der Waals surface area contributed by atoms with Crippen molar-refractivity contribution < 1.29 is 4.74 Å². The van der Waals surface area contributed by atoms with E-state index >= 15 is 0 Å². The van der Waals surface area contributed by atoms with Gasteiger partial charge in [0.15, 0.2) is 0 Å². The minimum absolute atomic E-state index is 0.0223. The van der Waals surface area contributed by atoms with Crippen molar-refractivity contribution in [2.24, 2.45) is 0 Å². The number of nitrogens with zero attached hydrogens (tertiary/aromatic N) is 1. The number of alkyl halides is 1. The van der Waals surface area contributed by atoms with Gasteiger partial charge in [-0.15, -0.1) is 11.6 Å². The number of halogens is 2. The van der Waals surface area contributed by atoms with E-state index in [1.807, 2.05) is 0 Å². The highest BCUT2D eigenvalue weighted by Gasteiger charge is 2.09. The Morgan fingerprint density at radius 1 is 1.64 bits per heavy atom. The molecule has 0 amide bonds. The first kappa shape index (κ1) is 11.6. The third kappa shape index (κ3) is 3.33. The summed E-state index contributed by atoms with van der Waals surface area (Å²) in [6.45, 7) is 0.524. The van der Waals surface area contributed by atoms with Gasteiger partial charge >= 0.3 is 0 Å². The number of ether oxygens (including phenoxy) is 1. The third-order valence-corrected chi connectivity index (χ3v) is 2.33. The highest BCUT2D eigenvalue weighted by molar-refractivity contribution is 6.32. The molecule has 1 atom stereocenters. The van der Waals surface area contributed by atoms with Crippen LogP contribution >= 0.6 is 23.2 Å². The van der Waals surface area contributed by atoms with Gasteiger partial charge in [0.2, 0.25) is 0 Å². The summed E-state index contributed by atoms with van der Waals surface area (Å²) < 4.78 is 4.99. The first-order valence-electron chi connectivity index (χ1n) is 4.20. The molecule has 0 aromatic carbocycles. The summed E-state index contributed by atoms with van der Waals surface area (Å²) in [7, 11) is 1.63. The summed E-state index contributed by atoms with van der Waals surface area (Å²) in [4.78, 5) is 4.09. The third-order valence-electron chi connectivity index (χ3n) is 1.65. The van der Waals surface area contributed by atoms with Crippen molar-refractivity contribution >= 4 is 29.0 Å². The maximum atomic E-state index is 5.92. The molecule has 0 bridgehead atoms. The van der Waals surface area contributed by atoms with Gasteiger partial charge < -0.3 is 10.1 Å². The fourth-order valence-electron chi connectivity index (χ4n) is 1.01. The van der Waals surface area contributed by atoms with Gasteiger partial charge in [-0.25, -0.2) is 4.98 Å². The number of hydrogen-bond donors (Lipinski definition) is 1. The van der Waals surface area contributed by atoms with E-state index in [-0.39, 0.29) is 6.04 Å². The summed E-state index contributed by atoms with van der Waals surface area (Å²) in [5.74, 6) is 1.08. The van der Waals surface area contributed by atoms with Crippen LogP contribution in [0.25, 0.3) is 0 Å². The van der Waals surface area contributed by atoms with Crippen molar-refractivity contribution in [2.75, 3.05) is 24.9 Å². The van der Waals surface area contributed by atoms with Crippen LogP contribution in [0, 0.1) is 0 Å². The molecule has 5 heteroatoms. The zero-order chi connectivity index (χ0) is 10.4. The van der Waals surface area contributed by atoms with E-state index in [9.17, 15) is 0 Å². The summed E-state index contributed by atoms with van der Waals surface area (Å²) in [5, 5.41) is 3.68. The fourth-order valence-corrected chi connectivity index (χ4v) is 1.35. The van der Waals surface area contributed by atoms with Crippen molar-refractivity contribution in [3.05, 3.63) is 23.4 Å². The molecule has 3 nitrogen and oxygen atoms in total. The Morgan fingerprint density at radius 2 is 2.43 bits per heavy atom. The zero-order valence-electron chi connectivity index (χ0n) is 7.84. The summed E-state index contributed by atoms with van der Waals surface area (Å²) in [6.07, 6.45) is 1.67. The average molecular weight is 235 g/mol. The highest BCUT2D eigenvalue weighted by Crippen LogP contribution is 2.18. The first-order valence-corrected chi connectivity index (χ1v) is 5.11. The van der Waals surface area contributed by atoms with Crippen molar-refractivity contribution in [3.63, 3.8) is 0 Å². The quantitative estimate of drug-likeness (QED) is 0.795. The number of anilines is 1. The van der Waals surface area contributed by atoms with E-state index in [0.29, 0.717) is 23.3 Å². The topological polar surface area (TPSA) is 34.1 Å². The molecule has 78 valence electrons. The number of rotatable bonds is 5. The van der Waals surface area contributed by atoms with Crippen LogP contribution < -0.4 is 5.32 Å². The molecule has 0 aliphatic carbocycles. The van der Waals surface area contributed by atoms with E-state index in [1.165, 1.54) is 0 Å². The molecule has 0 spiro atoms. The van der Waals surface area contributed by atoms with Crippen LogP contribution in [0.1, 0.15) is 0 Å². The molecule has 1 heterocycles. The Morgan fingerprint density at radius 3 is 3.00 bits per heavy atom. The molecule has 1 aromatic rings. The second-order valence-corrected chi connectivity index (χ2v) is 3.50. The largest absolute Gasteiger partial charge is 0.383 e. The molecule has 0 aliphatic rings. The van der Waals surface area contributed by atoms with Crippen LogP contribution in [-0.2, 0) is 4.74 Å². The lowest BCUT2D eigenvalue weighted by Crippen LogP contribution is -2.27. The Hall–Kier alpha value is -0.510. The minimum atomic E-state index is 0.0223. The van der Waals surface area contributed by atoms with Gasteiger partial charge in [0.25, 0.3) is 0 Å².